The molecule has 0 rings (SSSR count). The van der Waals surface area contributed by atoms with Crippen molar-refractivity contribution in [2.45, 2.75) is 13.0 Å². The Bertz CT molecular complexity index is 45.3. The number of hydrogen-bond acceptors (Lipinski definition) is 1. The molecule has 0 N–H and O–H groups in total. The predicted molar refractivity (Wildman–Crippen MR) is 35.2 cm³/mol. The lowest BCUT2D eigenvalue weighted by Gasteiger charge is -1.92. The first kappa shape index (κ1) is 6.92. The van der Waals surface area contributed by atoms with E-state index in [0.29, 0.717) is 0 Å². The van der Waals surface area contributed by atoms with Gasteiger partial charge in [0.25, 0.3) is 0 Å². The lowest BCUT2D eigenvalue weighted by molar-refractivity contribution is 0.347. The summed E-state index contributed by atoms with van der Waals surface area (Å²) in [6.07, 6.45) is 2.88. The van der Waals surface area contributed by atoms with E-state index in [1.165, 1.54) is 0 Å². The molecule has 0 aromatic carbocycles. The minimum absolute atomic E-state index is 0.154. The average molecular weight is 116 g/mol. The van der Waals surface area contributed by atoms with E-state index >= 15 is 0 Å². The molecular weight excluding hydrogens is 104 g/mol. The molecule has 7 heavy (non-hydrogen) atoms. The molecule has 0 heterocycles. The highest BCUT2D eigenvalue weighted by Gasteiger charge is 1.75. The molecular formula is C5H12OSi. The van der Waals surface area contributed by atoms with Crippen LogP contribution in [0, 0.1) is 0 Å². The Hall–Kier alpha value is -0.0831. The molecule has 0 aliphatic rings. The zero-order chi connectivity index (χ0) is 5.54. The fourth-order valence-electron chi connectivity index (χ4n) is 0.311. The van der Waals surface area contributed by atoms with Crippen molar-refractivity contribution in [2.24, 2.45) is 0 Å². The van der Waals surface area contributed by atoms with E-state index in [0.717, 1.165) is 13.0 Å². The lowest BCUT2D eigenvalue weighted by atomic mass is 10.5. The molecule has 1 nitrogen and oxygen atoms in total. The molecule has 0 aliphatic heterocycles. The van der Waals surface area contributed by atoms with Crippen LogP contribution in [-0.2, 0) is 4.43 Å². The van der Waals surface area contributed by atoms with Gasteiger partial charge in [0, 0.05) is 6.61 Å². The smallest absolute Gasteiger partial charge is 0.158 e. The monoisotopic (exact) mass is 116 g/mol. The first-order chi connectivity index (χ1) is 3.41. The van der Waals surface area contributed by atoms with Crippen molar-refractivity contribution in [3.63, 3.8) is 0 Å². The van der Waals surface area contributed by atoms with Crippen LogP contribution in [0.25, 0.3) is 0 Å². The Labute approximate surface area is 47.3 Å². The van der Waals surface area contributed by atoms with Crippen LogP contribution >= 0.6 is 0 Å². The maximum atomic E-state index is 5.14. The molecule has 0 fully saturated rings. The first-order valence-electron chi connectivity index (χ1n) is 2.60. The molecule has 2 heteroatoms. The minimum Gasteiger partial charge on any atom is -0.424 e. The zero-order valence-electron chi connectivity index (χ0n) is 4.81. The van der Waals surface area contributed by atoms with Gasteiger partial charge in [0.1, 0.15) is 0 Å². The second-order valence-electron chi connectivity index (χ2n) is 1.27. The lowest BCUT2D eigenvalue weighted by Crippen LogP contribution is -1.93. The molecule has 0 unspecified atom stereocenters. The topological polar surface area (TPSA) is 9.23 Å². The standard InChI is InChI=1S/C5H12OSi/c1-3-4-5-6-7-2/h3H,1,4-5,7H2,2H3. The van der Waals surface area contributed by atoms with Crippen LogP contribution in [0.2, 0.25) is 6.55 Å². The molecule has 0 radical (unpaired) electrons. The van der Waals surface area contributed by atoms with E-state index in [9.17, 15) is 0 Å². The third-order valence-electron chi connectivity index (χ3n) is 0.670. The molecule has 0 bridgehead atoms. The molecule has 0 aromatic rings. The second kappa shape index (κ2) is 5.92. The van der Waals surface area contributed by atoms with Crippen molar-refractivity contribution < 1.29 is 4.43 Å². The summed E-state index contributed by atoms with van der Waals surface area (Å²) in [5.74, 6) is 0. The summed E-state index contributed by atoms with van der Waals surface area (Å²) in [5.41, 5.74) is 0. The Morgan fingerprint density at radius 2 is 2.57 bits per heavy atom. The SMILES string of the molecule is C=CCCO[SiH2]C. The van der Waals surface area contributed by atoms with Crippen molar-refractivity contribution >= 4 is 9.76 Å². The second-order valence-corrected chi connectivity index (χ2v) is 2.26. The average Bonchev–Trinajstić information content (AvgIpc) is 1.69. The van der Waals surface area contributed by atoms with Gasteiger partial charge in [0.2, 0.25) is 0 Å². The van der Waals surface area contributed by atoms with Gasteiger partial charge < -0.3 is 4.43 Å². The van der Waals surface area contributed by atoms with Crippen molar-refractivity contribution in [3.05, 3.63) is 12.7 Å². The van der Waals surface area contributed by atoms with Crippen LogP contribution in [0.5, 0.6) is 0 Å². The summed E-state index contributed by atoms with van der Waals surface area (Å²) < 4.78 is 5.14. The van der Waals surface area contributed by atoms with Crippen molar-refractivity contribution in [3.8, 4) is 0 Å². The summed E-state index contributed by atoms with van der Waals surface area (Å²) in [4.78, 5) is 0. The van der Waals surface area contributed by atoms with Gasteiger partial charge in [0.15, 0.2) is 9.76 Å². The fourth-order valence-corrected chi connectivity index (χ4v) is 0.766. The van der Waals surface area contributed by atoms with Crippen LogP contribution in [0.4, 0.5) is 0 Å². The fraction of sp³-hybridized carbons (Fsp3) is 0.600. The van der Waals surface area contributed by atoms with Gasteiger partial charge in [0.05, 0.1) is 0 Å². The van der Waals surface area contributed by atoms with Crippen LogP contribution in [0.3, 0.4) is 0 Å². The van der Waals surface area contributed by atoms with Gasteiger partial charge in [-0.05, 0) is 6.42 Å². The van der Waals surface area contributed by atoms with E-state index in [-0.39, 0.29) is 9.76 Å². The van der Waals surface area contributed by atoms with Crippen molar-refractivity contribution in [1.29, 1.82) is 0 Å². The summed E-state index contributed by atoms with van der Waals surface area (Å²) in [7, 11) is -0.154. The summed E-state index contributed by atoms with van der Waals surface area (Å²) in [5, 5.41) is 0. The quantitative estimate of drug-likeness (QED) is 0.298. The van der Waals surface area contributed by atoms with Crippen LogP contribution in [-0.4, -0.2) is 16.4 Å². The number of hydrogen-bond donors (Lipinski definition) is 0. The highest BCUT2D eigenvalue weighted by Crippen LogP contribution is 1.78. The Morgan fingerprint density at radius 3 is 3.00 bits per heavy atom. The largest absolute Gasteiger partial charge is 0.424 e. The number of rotatable bonds is 4. The molecule has 0 saturated carbocycles. The van der Waals surface area contributed by atoms with E-state index in [4.69, 9.17) is 4.43 Å². The third-order valence-corrected chi connectivity index (χ3v) is 1.37. The van der Waals surface area contributed by atoms with Gasteiger partial charge in [-0.1, -0.05) is 12.6 Å². The third kappa shape index (κ3) is 5.92. The predicted octanol–water partition coefficient (Wildman–Crippen LogP) is 0.711. The van der Waals surface area contributed by atoms with Gasteiger partial charge in [-0.3, -0.25) is 0 Å². The Kier molecular flexibility index (Phi) is 5.85. The van der Waals surface area contributed by atoms with Crippen molar-refractivity contribution in [1.82, 2.24) is 0 Å². The van der Waals surface area contributed by atoms with E-state index in [1.807, 2.05) is 6.08 Å². The highest BCUT2D eigenvalue weighted by molar-refractivity contribution is 6.24. The normalized spacial score (nSPS) is 10.4. The highest BCUT2D eigenvalue weighted by atomic mass is 28.2. The van der Waals surface area contributed by atoms with Gasteiger partial charge in [-0.2, -0.15) is 0 Å². The van der Waals surface area contributed by atoms with Crippen LogP contribution in [0.15, 0.2) is 12.7 Å². The maximum Gasteiger partial charge on any atom is 0.158 e. The summed E-state index contributed by atoms with van der Waals surface area (Å²) >= 11 is 0. The Morgan fingerprint density at radius 1 is 1.86 bits per heavy atom. The first-order valence-corrected chi connectivity index (χ1v) is 4.59. The zero-order valence-corrected chi connectivity index (χ0v) is 6.23. The van der Waals surface area contributed by atoms with Crippen LogP contribution in [0.1, 0.15) is 6.42 Å². The Balaban J connectivity index is 2.56. The van der Waals surface area contributed by atoms with Crippen LogP contribution < -0.4 is 0 Å². The van der Waals surface area contributed by atoms with Gasteiger partial charge in [-0.25, -0.2) is 0 Å². The molecule has 0 aromatic heterocycles. The van der Waals surface area contributed by atoms with E-state index < -0.39 is 0 Å². The molecule has 0 aliphatic carbocycles. The summed E-state index contributed by atoms with van der Waals surface area (Å²) in [6, 6.07) is 0. The minimum atomic E-state index is -0.154. The molecule has 0 spiro atoms. The van der Waals surface area contributed by atoms with Gasteiger partial charge in [-0.15, -0.1) is 6.58 Å². The summed E-state index contributed by atoms with van der Waals surface area (Å²) in [6.45, 7) is 6.58. The van der Waals surface area contributed by atoms with E-state index in [1.54, 1.807) is 0 Å². The molecule has 0 saturated heterocycles. The molecule has 0 atom stereocenters. The van der Waals surface area contributed by atoms with Gasteiger partial charge >= 0.3 is 0 Å². The molecule has 42 valence electrons. The molecule has 0 amide bonds. The maximum absolute atomic E-state index is 5.14. The van der Waals surface area contributed by atoms with E-state index in [2.05, 4.69) is 13.1 Å². The van der Waals surface area contributed by atoms with Crippen molar-refractivity contribution in [2.75, 3.05) is 6.61 Å².